The van der Waals surface area contributed by atoms with E-state index in [2.05, 4.69) is 17.6 Å². The van der Waals surface area contributed by atoms with Gasteiger partial charge >= 0.3 is 0 Å². The minimum Gasteiger partial charge on any atom is -0.321 e. The minimum atomic E-state index is -0.629. The SMILES string of the molecule is CCCCc1ccc(C(=O)N/C(=C\c2ccc(F)cc2)C(=O)Nc2ccc(C)c(F)c2)cc1. The zero-order chi connectivity index (χ0) is 23.8. The number of carbonyl (C=O) groups excluding carboxylic acids is 2. The van der Waals surface area contributed by atoms with Crippen molar-refractivity contribution < 1.29 is 18.4 Å². The van der Waals surface area contributed by atoms with E-state index in [4.69, 9.17) is 0 Å². The predicted octanol–water partition coefficient (Wildman–Crippen LogP) is 6.03. The Morgan fingerprint density at radius 1 is 0.939 bits per heavy atom. The molecular weight excluding hydrogens is 422 g/mol. The number of nitrogens with one attached hydrogen (secondary N) is 2. The number of hydrogen-bond donors (Lipinski definition) is 2. The molecule has 3 aromatic rings. The zero-order valence-corrected chi connectivity index (χ0v) is 18.6. The first-order valence-electron chi connectivity index (χ1n) is 10.8. The highest BCUT2D eigenvalue weighted by Crippen LogP contribution is 2.16. The lowest BCUT2D eigenvalue weighted by atomic mass is 10.1. The number of anilines is 1. The van der Waals surface area contributed by atoms with Gasteiger partial charge in [-0.15, -0.1) is 0 Å². The van der Waals surface area contributed by atoms with E-state index in [0.717, 1.165) is 24.8 Å². The smallest absolute Gasteiger partial charge is 0.272 e. The molecule has 0 spiro atoms. The van der Waals surface area contributed by atoms with Gasteiger partial charge in [0, 0.05) is 11.3 Å². The molecule has 0 radical (unpaired) electrons. The van der Waals surface area contributed by atoms with E-state index in [0.29, 0.717) is 16.7 Å². The molecule has 2 amide bonds. The Morgan fingerprint density at radius 3 is 2.27 bits per heavy atom. The summed E-state index contributed by atoms with van der Waals surface area (Å²) in [5.41, 5.74) is 2.70. The highest BCUT2D eigenvalue weighted by molar-refractivity contribution is 6.10. The molecule has 0 aromatic heterocycles. The van der Waals surface area contributed by atoms with Crippen molar-refractivity contribution >= 4 is 23.6 Å². The zero-order valence-electron chi connectivity index (χ0n) is 18.6. The van der Waals surface area contributed by atoms with Gasteiger partial charge in [0.1, 0.15) is 17.3 Å². The Kier molecular flexibility index (Phi) is 8.08. The van der Waals surface area contributed by atoms with Crippen LogP contribution in [-0.2, 0) is 11.2 Å². The summed E-state index contributed by atoms with van der Waals surface area (Å²) >= 11 is 0. The van der Waals surface area contributed by atoms with Crippen LogP contribution in [0.15, 0.2) is 72.4 Å². The molecule has 0 saturated carbocycles. The Labute approximate surface area is 192 Å². The van der Waals surface area contributed by atoms with Gasteiger partial charge in [0.25, 0.3) is 11.8 Å². The predicted molar refractivity (Wildman–Crippen MR) is 127 cm³/mol. The van der Waals surface area contributed by atoms with Gasteiger partial charge in [-0.2, -0.15) is 0 Å². The Hall–Kier alpha value is -3.80. The number of hydrogen-bond acceptors (Lipinski definition) is 2. The molecule has 2 N–H and O–H groups in total. The lowest BCUT2D eigenvalue weighted by molar-refractivity contribution is -0.113. The molecule has 4 nitrogen and oxygen atoms in total. The molecule has 6 heteroatoms. The van der Waals surface area contributed by atoms with Crippen LogP contribution in [0.4, 0.5) is 14.5 Å². The molecule has 0 aliphatic carbocycles. The number of rotatable bonds is 8. The van der Waals surface area contributed by atoms with Gasteiger partial charge in [0.2, 0.25) is 0 Å². The number of halogens is 2. The average Bonchev–Trinajstić information content (AvgIpc) is 2.81. The molecule has 0 saturated heterocycles. The number of aryl methyl sites for hydroxylation is 2. The van der Waals surface area contributed by atoms with Gasteiger partial charge in [-0.25, -0.2) is 8.78 Å². The van der Waals surface area contributed by atoms with E-state index in [9.17, 15) is 18.4 Å². The monoisotopic (exact) mass is 448 g/mol. The third-order valence-electron chi connectivity index (χ3n) is 5.14. The molecule has 0 aliphatic heterocycles. The maximum absolute atomic E-state index is 13.9. The molecule has 0 fully saturated rings. The Morgan fingerprint density at radius 2 is 1.64 bits per heavy atom. The van der Waals surface area contributed by atoms with Crippen LogP contribution >= 0.6 is 0 Å². The van der Waals surface area contributed by atoms with Crippen molar-refractivity contribution in [3.05, 3.63) is 106 Å². The summed E-state index contributed by atoms with van der Waals surface area (Å²) in [5, 5.41) is 5.22. The maximum atomic E-state index is 13.9. The highest BCUT2D eigenvalue weighted by Gasteiger charge is 2.16. The summed E-state index contributed by atoms with van der Waals surface area (Å²) in [7, 11) is 0. The number of carbonyl (C=O) groups is 2. The summed E-state index contributed by atoms with van der Waals surface area (Å²) in [6.07, 6.45) is 4.52. The fraction of sp³-hybridized carbons (Fsp3) is 0.185. The quantitative estimate of drug-likeness (QED) is 0.414. The fourth-order valence-corrected chi connectivity index (χ4v) is 3.15. The van der Waals surface area contributed by atoms with Crippen molar-refractivity contribution in [2.24, 2.45) is 0 Å². The van der Waals surface area contributed by atoms with Crippen molar-refractivity contribution in [3.63, 3.8) is 0 Å². The summed E-state index contributed by atoms with van der Waals surface area (Å²) in [6, 6.07) is 17.0. The van der Waals surface area contributed by atoms with Crippen LogP contribution in [0.1, 0.15) is 46.8 Å². The first-order chi connectivity index (χ1) is 15.9. The van der Waals surface area contributed by atoms with Crippen molar-refractivity contribution in [1.29, 1.82) is 0 Å². The van der Waals surface area contributed by atoms with Crippen molar-refractivity contribution in [1.82, 2.24) is 5.32 Å². The van der Waals surface area contributed by atoms with Gasteiger partial charge in [-0.3, -0.25) is 9.59 Å². The van der Waals surface area contributed by atoms with E-state index in [-0.39, 0.29) is 11.4 Å². The summed E-state index contributed by atoms with van der Waals surface area (Å²) in [4.78, 5) is 25.8. The first-order valence-corrected chi connectivity index (χ1v) is 10.8. The standard InChI is InChI=1S/C27H26F2N2O2/c1-3-4-5-19-7-11-21(12-8-19)26(32)31-25(16-20-9-13-22(28)14-10-20)27(33)30-23-15-6-18(2)24(29)17-23/h6-17H,3-5H2,1-2H3,(H,30,33)(H,31,32)/b25-16-. The van der Waals surface area contributed by atoms with Crippen LogP contribution < -0.4 is 10.6 Å². The second-order valence-electron chi connectivity index (χ2n) is 7.78. The molecule has 170 valence electrons. The van der Waals surface area contributed by atoms with Gasteiger partial charge in [-0.05, 0) is 78.9 Å². The highest BCUT2D eigenvalue weighted by atomic mass is 19.1. The lowest BCUT2D eigenvalue weighted by Gasteiger charge is -2.12. The Bertz CT molecular complexity index is 1150. The summed E-state index contributed by atoms with van der Waals surface area (Å²) in [6.45, 7) is 3.74. The molecule has 0 atom stereocenters. The second kappa shape index (κ2) is 11.2. The summed E-state index contributed by atoms with van der Waals surface area (Å²) < 4.78 is 27.2. The largest absolute Gasteiger partial charge is 0.321 e. The topological polar surface area (TPSA) is 58.2 Å². The third kappa shape index (κ3) is 6.84. The fourth-order valence-electron chi connectivity index (χ4n) is 3.15. The first kappa shape index (κ1) is 23.9. The maximum Gasteiger partial charge on any atom is 0.272 e. The van der Waals surface area contributed by atoms with Crippen LogP contribution in [0, 0.1) is 18.6 Å². The van der Waals surface area contributed by atoms with E-state index in [1.807, 2.05) is 12.1 Å². The molecule has 0 unspecified atom stereocenters. The van der Waals surface area contributed by atoms with Crippen LogP contribution in [0.3, 0.4) is 0 Å². The molecule has 0 heterocycles. The van der Waals surface area contributed by atoms with E-state index in [1.54, 1.807) is 31.2 Å². The van der Waals surface area contributed by atoms with Crippen molar-refractivity contribution in [2.45, 2.75) is 33.1 Å². The van der Waals surface area contributed by atoms with Gasteiger partial charge in [0.15, 0.2) is 0 Å². The van der Waals surface area contributed by atoms with E-state index >= 15 is 0 Å². The van der Waals surface area contributed by atoms with Crippen molar-refractivity contribution in [3.8, 4) is 0 Å². The van der Waals surface area contributed by atoms with Gasteiger partial charge in [-0.1, -0.05) is 43.7 Å². The molecule has 3 aromatic carbocycles. The summed E-state index contributed by atoms with van der Waals surface area (Å²) in [5.74, 6) is -1.96. The van der Waals surface area contributed by atoms with Gasteiger partial charge in [0.05, 0.1) is 0 Å². The normalized spacial score (nSPS) is 11.2. The van der Waals surface area contributed by atoms with Crippen LogP contribution in [0.2, 0.25) is 0 Å². The third-order valence-corrected chi connectivity index (χ3v) is 5.14. The molecular formula is C27H26F2N2O2. The lowest BCUT2D eigenvalue weighted by Crippen LogP contribution is -2.30. The molecule has 0 aliphatic rings. The average molecular weight is 449 g/mol. The number of benzene rings is 3. The van der Waals surface area contributed by atoms with Crippen LogP contribution in [0.5, 0.6) is 0 Å². The molecule has 3 rings (SSSR count). The van der Waals surface area contributed by atoms with Crippen molar-refractivity contribution in [2.75, 3.05) is 5.32 Å². The Balaban J connectivity index is 1.83. The van der Waals surface area contributed by atoms with Crippen LogP contribution in [-0.4, -0.2) is 11.8 Å². The van der Waals surface area contributed by atoms with E-state index < -0.39 is 23.4 Å². The number of amides is 2. The second-order valence-corrected chi connectivity index (χ2v) is 7.78. The van der Waals surface area contributed by atoms with Gasteiger partial charge < -0.3 is 10.6 Å². The number of unbranched alkanes of at least 4 members (excludes halogenated alkanes) is 1. The molecule has 0 bridgehead atoms. The minimum absolute atomic E-state index is 0.0531. The molecule has 33 heavy (non-hydrogen) atoms. The van der Waals surface area contributed by atoms with Crippen LogP contribution in [0.25, 0.3) is 6.08 Å². The van der Waals surface area contributed by atoms with E-state index in [1.165, 1.54) is 36.4 Å².